The number of nitrogens with two attached hydrogens (primary N) is 1. The van der Waals surface area contributed by atoms with E-state index < -0.39 is 5.54 Å². The highest BCUT2D eigenvalue weighted by molar-refractivity contribution is 5.86. The normalized spacial score (nSPS) is 24.6. The van der Waals surface area contributed by atoms with Gasteiger partial charge in [0, 0.05) is 13.1 Å². The van der Waals surface area contributed by atoms with Crippen molar-refractivity contribution in [3.63, 3.8) is 0 Å². The van der Waals surface area contributed by atoms with Gasteiger partial charge in [-0.25, -0.2) is 0 Å². The first-order valence-corrected chi connectivity index (χ1v) is 7.31. The Kier molecular flexibility index (Phi) is 6.44. The van der Waals surface area contributed by atoms with Crippen LogP contribution in [-0.4, -0.2) is 29.4 Å². The molecule has 0 bridgehead atoms. The number of amides is 1. The highest BCUT2D eigenvalue weighted by Crippen LogP contribution is 2.28. The Morgan fingerprint density at radius 2 is 1.28 bits per heavy atom. The summed E-state index contributed by atoms with van der Waals surface area (Å²) in [7, 11) is 0. The van der Waals surface area contributed by atoms with Crippen LogP contribution in [-0.2, 0) is 4.79 Å². The molecule has 0 atom stereocenters. The van der Waals surface area contributed by atoms with Crippen LogP contribution in [0.2, 0.25) is 0 Å². The zero-order valence-corrected chi connectivity index (χ0v) is 12.1. The number of carbonyl (C=O) groups excluding carboxylic acids is 1. The van der Waals surface area contributed by atoms with Gasteiger partial charge in [0.05, 0.1) is 5.54 Å². The van der Waals surface area contributed by atoms with E-state index in [0.29, 0.717) is 0 Å². The fourth-order valence-electron chi connectivity index (χ4n) is 3.16. The Morgan fingerprint density at radius 3 is 1.83 bits per heavy atom. The average Bonchev–Trinajstić information content (AvgIpc) is 2.29. The topological polar surface area (TPSA) is 46.3 Å². The number of nitrogens with zero attached hydrogens (tertiary/aromatic N) is 1. The Labute approximate surface area is 117 Å². The van der Waals surface area contributed by atoms with Gasteiger partial charge >= 0.3 is 0 Å². The molecule has 0 spiro atoms. The predicted octanol–water partition coefficient (Wildman–Crippen LogP) is 2.86. The van der Waals surface area contributed by atoms with Crippen molar-refractivity contribution in [2.45, 2.75) is 69.7 Å². The van der Waals surface area contributed by atoms with Gasteiger partial charge in [0.1, 0.15) is 0 Å². The summed E-state index contributed by atoms with van der Waals surface area (Å²) in [4.78, 5) is 14.6. The Morgan fingerprint density at radius 1 is 0.833 bits per heavy atom. The van der Waals surface area contributed by atoms with Gasteiger partial charge in [-0.05, 0) is 25.7 Å². The van der Waals surface area contributed by atoms with E-state index in [2.05, 4.69) is 0 Å². The number of halogens is 1. The quantitative estimate of drug-likeness (QED) is 0.799. The van der Waals surface area contributed by atoms with Crippen LogP contribution in [0.3, 0.4) is 0 Å². The second-order valence-electron chi connectivity index (χ2n) is 5.78. The van der Waals surface area contributed by atoms with Gasteiger partial charge in [-0.15, -0.1) is 12.4 Å². The Bertz CT molecular complexity index is 257. The molecule has 1 aliphatic carbocycles. The van der Waals surface area contributed by atoms with Gasteiger partial charge in [0.25, 0.3) is 0 Å². The first-order chi connectivity index (χ1) is 8.22. The summed E-state index contributed by atoms with van der Waals surface area (Å²) in [6.07, 6.45) is 11.4. The van der Waals surface area contributed by atoms with Crippen LogP contribution in [0.4, 0.5) is 0 Å². The summed E-state index contributed by atoms with van der Waals surface area (Å²) in [5.74, 6) is 0.235. The molecule has 2 rings (SSSR count). The summed E-state index contributed by atoms with van der Waals surface area (Å²) >= 11 is 0. The molecule has 2 fully saturated rings. The van der Waals surface area contributed by atoms with Crippen LogP contribution >= 0.6 is 12.4 Å². The molecule has 2 N–H and O–H groups in total. The Balaban J connectivity index is 0.00000162. The van der Waals surface area contributed by atoms with E-state index in [1.54, 1.807) is 0 Å². The van der Waals surface area contributed by atoms with Crippen LogP contribution in [0.15, 0.2) is 0 Å². The summed E-state index contributed by atoms with van der Waals surface area (Å²) in [5.41, 5.74) is 5.80. The number of rotatable bonds is 1. The molecule has 0 aromatic rings. The standard InChI is InChI=1S/C14H26N2O.ClH/c15-14(9-5-4-6-10-14)13(17)16-11-7-2-1-3-8-12-16;/h1-12,15H2;1H. The zero-order chi connectivity index (χ0) is 12.1. The number of likely N-dealkylation sites (tertiary alicyclic amines) is 1. The Hall–Kier alpha value is -0.280. The molecule has 1 amide bonds. The van der Waals surface area contributed by atoms with E-state index >= 15 is 0 Å². The van der Waals surface area contributed by atoms with Crippen molar-refractivity contribution < 1.29 is 4.79 Å². The third-order valence-corrected chi connectivity index (χ3v) is 4.31. The molecule has 1 saturated carbocycles. The van der Waals surface area contributed by atoms with E-state index in [9.17, 15) is 4.79 Å². The van der Waals surface area contributed by atoms with Crippen molar-refractivity contribution in [3.8, 4) is 0 Å². The third kappa shape index (κ3) is 3.86. The molecular formula is C14H27ClN2O. The minimum Gasteiger partial charge on any atom is -0.341 e. The van der Waals surface area contributed by atoms with E-state index in [0.717, 1.165) is 51.6 Å². The second-order valence-corrected chi connectivity index (χ2v) is 5.78. The number of hydrogen-bond acceptors (Lipinski definition) is 2. The van der Waals surface area contributed by atoms with Crippen LogP contribution < -0.4 is 5.73 Å². The monoisotopic (exact) mass is 274 g/mol. The van der Waals surface area contributed by atoms with Crippen LogP contribution in [0, 0.1) is 0 Å². The molecule has 0 aromatic carbocycles. The van der Waals surface area contributed by atoms with Crippen molar-refractivity contribution >= 4 is 18.3 Å². The zero-order valence-electron chi connectivity index (χ0n) is 11.3. The van der Waals surface area contributed by atoms with Crippen LogP contribution in [0.1, 0.15) is 64.2 Å². The molecule has 2 aliphatic rings. The molecule has 0 aromatic heterocycles. The lowest BCUT2D eigenvalue weighted by atomic mass is 9.81. The summed E-state index contributed by atoms with van der Waals surface area (Å²) in [6, 6.07) is 0. The highest BCUT2D eigenvalue weighted by Gasteiger charge is 2.38. The summed E-state index contributed by atoms with van der Waals surface area (Å²) in [5, 5.41) is 0. The second kappa shape index (κ2) is 7.34. The molecule has 1 saturated heterocycles. The van der Waals surface area contributed by atoms with Crippen molar-refractivity contribution in [2.75, 3.05) is 13.1 Å². The lowest BCUT2D eigenvalue weighted by Crippen LogP contribution is -2.56. The maximum absolute atomic E-state index is 12.5. The minimum atomic E-state index is -0.530. The summed E-state index contributed by atoms with van der Waals surface area (Å²) < 4.78 is 0. The lowest BCUT2D eigenvalue weighted by Gasteiger charge is -2.37. The van der Waals surface area contributed by atoms with Crippen molar-refractivity contribution in [3.05, 3.63) is 0 Å². The van der Waals surface area contributed by atoms with Crippen LogP contribution in [0.5, 0.6) is 0 Å². The van der Waals surface area contributed by atoms with Gasteiger partial charge in [-0.2, -0.15) is 0 Å². The maximum Gasteiger partial charge on any atom is 0.242 e. The average molecular weight is 275 g/mol. The first-order valence-electron chi connectivity index (χ1n) is 7.31. The molecule has 0 unspecified atom stereocenters. The summed E-state index contributed by atoms with van der Waals surface area (Å²) in [6.45, 7) is 1.86. The number of hydrogen-bond donors (Lipinski definition) is 1. The van der Waals surface area contributed by atoms with Gasteiger partial charge in [-0.3, -0.25) is 4.79 Å². The lowest BCUT2D eigenvalue weighted by molar-refractivity contribution is -0.138. The first kappa shape index (κ1) is 15.8. The van der Waals surface area contributed by atoms with E-state index in [1.807, 2.05) is 4.90 Å². The van der Waals surface area contributed by atoms with E-state index in [1.165, 1.54) is 25.7 Å². The fourth-order valence-corrected chi connectivity index (χ4v) is 3.16. The molecule has 1 heterocycles. The molecule has 3 nitrogen and oxygen atoms in total. The molecular weight excluding hydrogens is 248 g/mol. The van der Waals surface area contributed by atoms with Crippen LogP contribution in [0.25, 0.3) is 0 Å². The van der Waals surface area contributed by atoms with E-state index in [4.69, 9.17) is 5.73 Å². The predicted molar refractivity (Wildman–Crippen MR) is 76.9 cm³/mol. The molecule has 18 heavy (non-hydrogen) atoms. The number of carbonyl (C=O) groups is 1. The maximum atomic E-state index is 12.5. The van der Waals surface area contributed by atoms with Gasteiger partial charge in [0.2, 0.25) is 5.91 Å². The molecule has 1 aliphatic heterocycles. The van der Waals surface area contributed by atoms with Crippen molar-refractivity contribution in [1.29, 1.82) is 0 Å². The van der Waals surface area contributed by atoms with Crippen molar-refractivity contribution in [1.82, 2.24) is 4.90 Å². The van der Waals surface area contributed by atoms with Gasteiger partial charge in [-0.1, -0.05) is 38.5 Å². The molecule has 106 valence electrons. The van der Waals surface area contributed by atoms with E-state index in [-0.39, 0.29) is 18.3 Å². The largest absolute Gasteiger partial charge is 0.341 e. The molecule has 4 heteroatoms. The minimum absolute atomic E-state index is 0. The van der Waals surface area contributed by atoms with Gasteiger partial charge in [0.15, 0.2) is 0 Å². The van der Waals surface area contributed by atoms with Gasteiger partial charge < -0.3 is 10.6 Å². The smallest absolute Gasteiger partial charge is 0.242 e. The SMILES string of the molecule is Cl.NC1(C(=O)N2CCCCCCC2)CCCCC1. The third-order valence-electron chi connectivity index (χ3n) is 4.31. The highest BCUT2D eigenvalue weighted by atomic mass is 35.5. The fraction of sp³-hybridized carbons (Fsp3) is 0.929. The molecule has 0 radical (unpaired) electrons. The van der Waals surface area contributed by atoms with Crippen molar-refractivity contribution in [2.24, 2.45) is 5.73 Å².